The van der Waals surface area contributed by atoms with Crippen molar-refractivity contribution in [2.45, 2.75) is 59.2 Å². The van der Waals surface area contributed by atoms with Gasteiger partial charge in [-0.25, -0.2) is 0 Å². The number of esters is 1. The molecule has 0 saturated heterocycles. The molecule has 3 heteroatoms. The van der Waals surface area contributed by atoms with Crippen LogP contribution >= 0.6 is 0 Å². The van der Waals surface area contributed by atoms with E-state index in [1.807, 2.05) is 18.2 Å². The maximum atomic E-state index is 12.5. The number of hydrogen-bond donors (Lipinski definition) is 0. The highest BCUT2D eigenvalue weighted by Crippen LogP contribution is 2.42. The normalized spacial score (nSPS) is 31.8. The van der Waals surface area contributed by atoms with Crippen LogP contribution in [0.15, 0.2) is 30.3 Å². The van der Waals surface area contributed by atoms with Crippen LogP contribution in [0.25, 0.3) is 0 Å². The molecular weight excluding hydrogens is 312 g/mol. The Morgan fingerprint density at radius 2 is 1.92 bits per heavy atom. The van der Waals surface area contributed by atoms with E-state index in [1.165, 1.54) is 18.4 Å². The SMILES string of the molecule is CC(C)C1CC[C@@H](C)C[C@H]1OC(=O)[C@H]1C[C@@H]1COCc1ccccc1. The molecule has 1 aromatic rings. The Kier molecular flexibility index (Phi) is 6.16. The Morgan fingerprint density at radius 3 is 2.64 bits per heavy atom. The molecule has 2 aliphatic carbocycles. The maximum Gasteiger partial charge on any atom is 0.309 e. The number of hydrogen-bond acceptors (Lipinski definition) is 3. The second-order valence-corrected chi connectivity index (χ2v) is 8.40. The zero-order chi connectivity index (χ0) is 17.8. The molecule has 0 radical (unpaired) electrons. The van der Waals surface area contributed by atoms with Crippen molar-refractivity contribution in [1.82, 2.24) is 0 Å². The van der Waals surface area contributed by atoms with Crippen LogP contribution in [0.4, 0.5) is 0 Å². The van der Waals surface area contributed by atoms with E-state index in [1.54, 1.807) is 0 Å². The van der Waals surface area contributed by atoms with Gasteiger partial charge in [0.1, 0.15) is 6.10 Å². The second kappa shape index (κ2) is 8.35. The Morgan fingerprint density at radius 1 is 1.16 bits per heavy atom. The molecule has 0 spiro atoms. The highest BCUT2D eigenvalue weighted by Gasteiger charge is 2.46. The molecule has 0 aromatic heterocycles. The quantitative estimate of drug-likeness (QED) is 0.664. The van der Waals surface area contributed by atoms with Crippen molar-refractivity contribution in [3.05, 3.63) is 35.9 Å². The highest BCUT2D eigenvalue weighted by atomic mass is 16.5. The van der Waals surface area contributed by atoms with Crippen LogP contribution in [0, 0.1) is 29.6 Å². The van der Waals surface area contributed by atoms with E-state index in [-0.39, 0.29) is 18.0 Å². The summed E-state index contributed by atoms with van der Waals surface area (Å²) in [7, 11) is 0. The first-order valence-corrected chi connectivity index (χ1v) is 9.86. The fourth-order valence-electron chi connectivity index (χ4n) is 4.11. The lowest BCUT2D eigenvalue weighted by molar-refractivity contribution is -0.158. The molecule has 25 heavy (non-hydrogen) atoms. The fraction of sp³-hybridized carbons (Fsp3) is 0.682. The Labute approximate surface area is 152 Å². The van der Waals surface area contributed by atoms with Crippen LogP contribution in [0.1, 0.15) is 52.0 Å². The van der Waals surface area contributed by atoms with Crippen molar-refractivity contribution < 1.29 is 14.3 Å². The number of rotatable bonds is 7. The zero-order valence-corrected chi connectivity index (χ0v) is 15.8. The van der Waals surface area contributed by atoms with Crippen LogP contribution in [0.2, 0.25) is 0 Å². The van der Waals surface area contributed by atoms with Crippen LogP contribution in [-0.4, -0.2) is 18.7 Å². The standard InChI is InChI=1S/C22H32O3/c1-15(2)19-10-9-16(3)11-21(19)25-22(23)20-12-18(20)14-24-13-17-7-5-4-6-8-17/h4-8,15-16,18-21H,9-14H2,1-3H3/t16-,18-,19?,20+,21-/m1/s1. The van der Waals surface area contributed by atoms with E-state index in [2.05, 4.69) is 32.9 Å². The van der Waals surface area contributed by atoms with E-state index in [9.17, 15) is 4.79 Å². The van der Waals surface area contributed by atoms with Crippen LogP contribution in [-0.2, 0) is 20.9 Å². The molecule has 3 rings (SSSR count). The predicted molar refractivity (Wildman–Crippen MR) is 98.9 cm³/mol. The smallest absolute Gasteiger partial charge is 0.309 e. The fourth-order valence-corrected chi connectivity index (χ4v) is 4.11. The third-order valence-electron chi connectivity index (χ3n) is 5.90. The molecule has 0 bridgehead atoms. The largest absolute Gasteiger partial charge is 0.462 e. The molecule has 0 heterocycles. The molecule has 2 aliphatic rings. The highest BCUT2D eigenvalue weighted by molar-refractivity contribution is 5.76. The van der Waals surface area contributed by atoms with E-state index in [4.69, 9.17) is 9.47 Å². The van der Waals surface area contributed by atoms with Gasteiger partial charge in [0.25, 0.3) is 0 Å². The van der Waals surface area contributed by atoms with E-state index in [0.29, 0.717) is 36.9 Å². The van der Waals surface area contributed by atoms with Gasteiger partial charge in [0.05, 0.1) is 19.1 Å². The average Bonchev–Trinajstić information content (AvgIpc) is 3.35. The van der Waals surface area contributed by atoms with Crippen molar-refractivity contribution >= 4 is 5.97 Å². The van der Waals surface area contributed by atoms with E-state index >= 15 is 0 Å². The Balaban J connectivity index is 1.41. The summed E-state index contributed by atoms with van der Waals surface area (Å²) in [5, 5.41) is 0. The predicted octanol–water partition coefficient (Wildman–Crippen LogP) is 4.84. The van der Waals surface area contributed by atoms with Gasteiger partial charge >= 0.3 is 5.97 Å². The second-order valence-electron chi connectivity index (χ2n) is 8.40. The van der Waals surface area contributed by atoms with Gasteiger partial charge in [0, 0.05) is 0 Å². The van der Waals surface area contributed by atoms with Gasteiger partial charge in [-0.1, -0.05) is 57.5 Å². The first-order chi connectivity index (χ1) is 12.0. The lowest BCUT2D eigenvalue weighted by Gasteiger charge is -2.36. The minimum atomic E-state index is 0.0121. The summed E-state index contributed by atoms with van der Waals surface area (Å²) in [6.07, 6.45) is 4.50. The lowest BCUT2D eigenvalue weighted by atomic mass is 9.75. The minimum absolute atomic E-state index is 0.0121. The molecule has 2 fully saturated rings. The molecular formula is C22H32O3. The number of carbonyl (C=O) groups excluding carboxylic acids is 1. The van der Waals surface area contributed by atoms with Gasteiger partial charge in [-0.2, -0.15) is 0 Å². The topological polar surface area (TPSA) is 35.5 Å². The maximum absolute atomic E-state index is 12.5. The van der Waals surface area contributed by atoms with E-state index in [0.717, 1.165) is 12.8 Å². The molecule has 1 unspecified atom stereocenters. The van der Waals surface area contributed by atoms with Crippen LogP contribution in [0.3, 0.4) is 0 Å². The van der Waals surface area contributed by atoms with Gasteiger partial charge in [-0.3, -0.25) is 4.79 Å². The van der Waals surface area contributed by atoms with E-state index < -0.39 is 0 Å². The van der Waals surface area contributed by atoms with Crippen molar-refractivity contribution in [2.75, 3.05) is 6.61 Å². The van der Waals surface area contributed by atoms with Gasteiger partial charge in [0.2, 0.25) is 0 Å². The van der Waals surface area contributed by atoms with Crippen LogP contribution in [0.5, 0.6) is 0 Å². The molecule has 1 aromatic carbocycles. The third-order valence-corrected chi connectivity index (χ3v) is 5.90. The summed E-state index contributed by atoms with van der Waals surface area (Å²) in [4.78, 5) is 12.5. The average molecular weight is 344 g/mol. The van der Waals surface area contributed by atoms with Gasteiger partial charge in [-0.15, -0.1) is 0 Å². The molecule has 138 valence electrons. The zero-order valence-electron chi connectivity index (χ0n) is 15.8. The first kappa shape index (κ1) is 18.4. The number of carbonyl (C=O) groups is 1. The summed E-state index contributed by atoms with van der Waals surface area (Å²) >= 11 is 0. The molecule has 5 atom stereocenters. The molecule has 0 amide bonds. The molecule has 3 nitrogen and oxygen atoms in total. The minimum Gasteiger partial charge on any atom is -0.462 e. The number of ether oxygens (including phenoxy) is 2. The summed E-state index contributed by atoms with van der Waals surface area (Å²) in [6.45, 7) is 8.05. The lowest BCUT2D eigenvalue weighted by Crippen LogP contribution is -2.36. The van der Waals surface area contributed by atoms with Crippen LogP contribution < -0.4 is 0 Å². The molecule has 0 aliphatic heterocycles. The molecule has 0 N–H and O–H groups in total. The van der Waals surface area contributed by atoms with Crippen molar-refractivity contribution in [1.29, 1.82) is 0 Å². The van der Waals surface area contributed by atoms with Gasteiger partial charge < -0.3 is 9.47 Å². The summed E-state index contributed by atoms with van der Waals surface area (Å²) in [5.74, 6) is 2.17. The monoisotopic (exact) mass is 344 g/mol. The van der Waals surface area contributed by atoms with Crippen molar-refractivity contribution in [2.24, 2.45) is 29.6 Å². The summed E-state index contributed by atoms with van der Waals surface area (Å²) in [5.41, 5.74) is 1.18. The summed E-state index contributed by atoms with van der Waals surface area (Å²) < 4.78 is 11.7. The van der Waals surface area contributed by atoms with Gasteiger partial charge in [0.15, 0.2) is 0 Å². The Hall–Kier alpha value is -1.35. The van der Waals surface area contributed by atoms with Crippen molar-refractivity contribution in [3.8, 4) is 0 Å². The third kappa shape index (κ3) is 5.07. The van der Waals surface area contributed by atoms with Gasteiger partial charge in [-0.05, 0) is 48.5 Å². The van der Waals surface area contributed by atoms with Crippen molar-refractivity contribution in [3.63, 3.8) is 0 Å². The first-order valence-electron chi connectivity index (χ1n) is 9.86. The number of benzene rings is 1. The Bertz CT molecular complexity index is 554. The summed E-state index contributed by atoms with van der Waals surface area (Å²) in [6, 6.07) is 10.2. The molecule has 2 saturated carbocycles.